The van der Waals surface area contributed by atoms with Crippen LogP contribution in [0.2, 0.25) is 3.63 Å². The number of rotatable bonds is 5. The van der Waals surface area contributed by atoms with Crippen molar-refractivity contribution in [3.8, 4) is 11.1 Å². The number of benzene rings is 6. The number of fused-ring (bicyclic) bond motifs is 4. The summed E-state index contributed by atoms with van der Waals surface area (Å²) in [5.41, 5.74) is 9.49. The Labute approximate surface area is 266 Å². The molecular weight excluding hydrogens is 655 g/mol. The minimum atomic E-state index is -5.52. The molecule has 1 unspecified atom stereocenters. The van der Waals surface area contributed by atoms with Crippen LogP contribution in [-0.2, 0) is 15.9 Å². The van der Waals surface area contributed by atoms with E-state index >= 15 is 0 Å². The fourth-order valence-corrected chi connectivity index (χ4v) is 28.5. The zero-order valence-corrected chi connectivity index (χ0v) is 28.0. The maximum atomic E-state index is 8.84. The van der Waals surface area contributed by atoms with E-state index in [9.17, 15) is 0 Å². The van der Waals surface area contributed by atoms with Crippen LogP contribution in [0.1, 0.15) is 31.4 Å². The molecule has 6 aromatic rings. The summed E-state index contributed by atoms with van der Waals surface area (Å²) in [4.78, 5) is 0. The average Bonchev–Trinajstić information content (AvgIpc) is 3.71. The Hall–Kier alpha value is -3.61. The first-order chi connectivity index (χ1) is 21.6. The summed E-state index contributed by atoms with van der Waals surface area (Å²) in [5, 5.41) is 2.43. The van der Waals surface area contributed by atoms with Gasteiger partial charge in [-0.3, -0.25) is 0 Å². The molecule has 0 aromatic heterocycles. The Morgan fingerprint density at radius 2 is 1.00 bits per heavy atom. The predicted octanol–water partition coefficient (Wildman–Crippen LogP) is 11.6. The number of halogens is 2. The molecule has 0 heterocycles. The standard InChI is InChI=1S/C15H11.C13H9.C13H10.2ClH.Zr/c1-2-7-12(6-1)15-11-5-9-13-8-3-4-10-14(13)15;1-3-7-12-10(5-1)9-11-6-2-4-8-13(11)12;1-3-7-12(8-4-1)11-13-9-5-2-6-10-13;;;/h1-11H;1-9H;1-10H;2*1H;/q;;;;;+2/p-2. The van der Waals surface area contributed by atoms with Gasteiger partial charge in [0.05, 0.1) is 0 Å². The minimum absolute atomic E-state index is 0.159. The Bertz CT molecular complexity index is 2090. The van der Waals surface area contributed by atoms with Crippen LogP contribution in [0.3, 0.4) is 0 Å². The molecule has 0 saturated heterocycles. The molecule has 0 radical (unpaired) electrons. The van der Waals surface area contributed by atoms with Crippen molar-refractivity contribution < 1.29 is 15.9 Å². The van der Waals surface area contributed by atoms with Crippen molar-refractivity contribution in [2.24, 2.45) is 0 Å². The summed E-state index contributed by atoms with van der Waals surface area (Å²) in [6, 6.07) is 54.0. The summed E-state index contributed by atoms with van der Waals surface area (Å²) in [6.45, 7) is 0. The summed E-state index contributed by atoms with van der Waals surface area (Å²) in [7, 11) is 17.7. The van der Waals surface area contributed by atoms with Crippen LogP contribution in [0.25, 0.3) is 27.5 Å². The van der Waals surface area contributed by atoms with Crippen molar-refractivity contribution in [3.63, 3.8) is 0 Å². The molecule has 0 fully saturated rings. The van der Waals surface area contributed by atoms with Crippen LogP contribution >= 0.6 is 17.0 Å². The second-order valence-electron chi connectivity index (χ2n) is 11.9. The molecule has 0 saturated carbocycles. The predicted molar refractivity (Wildman–Crippen MR) is 186 cm³/mol. The number of hydrogen-bond donors (Lipinski definition) is 0. The van der Waals surface area contributed by atoms with E-state index in [0.717, 1.165) is 14.3 Å². The molecule has 2 aliphatic rings. The van der Waals surface area contributed by atoms with E-state index in [1.165, 1.54) is 44.2 Å². The van der Waals surface area contributed by atoms with Gasteiger partial charge < -0.3 is 0 Å². The summed E-state index contributed by atoms with van der Waals surface area (Å²) < 4.78 is 0.772. The van der Waals surface area contributed by atoms with E-state index in [0.29, 0.717) is 0 Å². The molecule has 212 valence electrons. The van der Waals surface area contributed by atoms with Crippen LogP contribution in [-0.4, -0.2) is 3.21 Å². The number of allylic oxidation sites excluding steroid dienone is 4. The van der Waals surface area contributed by atoms with Crippen molar-refractivity contribution in [3.05, 3.63) is 198 Å². The van der Waals surface area contributed by atoms with Crippen LogP contribution in [0.15, 0.2) is 170 Å². The van der Waals surface area contributed by atoms with E-state index in [-0.39, 0.29) is 7.25 Å². The van der Waals surface area contributed by atoms with Crippen LogP contribution in [0.5, 0.6) is 0 Å². The van der Waals surface area contributed by atoms with Gasteiger partial charge in [0.2, 0.25) is 0 Å². The molecule has 0 amide bonds. The van der Waals surface area contributed by atoms with Gasteiger partial charge in [0.15, 0.2) is 0 Å². The molecule has 0 aliphatic heterocycles. The molecular formula is C41H30Cl2Zr. The van der Waals surface area contributed by atoms with Gasteiger partial charge >= 0.3 is 269 Å². The van der Waals surface area contributed by atoms with Crippen molar-refractivity contribution in [2.45, 2.75) is 7.25 Å². The fraction of sp³-hybridized carbons (Fsp3) is 0.0488. The maximum absolute atomic E-state index is 8.84. The average molecular weight is 685 g/mol. The Kier molecular flexibility index (Phi) is 6.84. The van der Waals surface area contributed by atoms with Crippen molar-refractivity contribution >= 4 is 36.6 Å². The first-order valence-electron chi connectivity index (χ1n) is 15.2. The van der Waals surface area contributed by atoms with Gasteiger partial charge in [-0.1, -0.05) is 0 Å². The third-order valence-electron chi connectivity index (χ3n) is 9.55. The van der Waals surface area contributed by atoms with Crippen molar-refractivity contribution in [1.29, 1.82) is 0 Å². The Morgan fingerprint density at radius 1 is 0.500 bits per heavy atom. The molecule has 0 N–H and O–H groups in total. The van der Waals surface area contributed by atoms with Gasteiger partial charge in [0, 0.05) is 0 Å². The molecule has 2 aliphatic carbocycles. The van der Waals surface area contributed by atoms with E-state index < -0.39 is 15.9 Å². The molecule has 0 spiro atoms. The second kappa shape index (κ2) is 10.8. The molecule has 44 heavy (non-hydrogen) atoms. The molecule has 0 nitrogen and oxygen atoms in total. The number of hydrogen-bond acceptors (Lipinski definition) is 0. The van der Waals surface area contributed by atoms with Crippen LogP contribution in [0.4, 0.5) is 0 Å². The normalized spacial score (nSPS) is 16.1. The molecule has 1 atom stereocenters. The molecule has 6 aromatic carbocycles. The van der Waals surface area contributed by atoms with E-state index in [1.807, 2.05) is 0 Å². The van der Waals surface area contributed by atoms with E-state index in [2.05, 4.69) is 170 Å². The van der Waals surface area contributed by atoms with Crippen molar-refractivity contribution in [2.75, 3.05) is 0 Å². The molecule has 0 bridgehead atoms. The first kappa shape index (κ1) is 27.9. The molecule has 3 heteroatoms. The van der Waals surface area contributed by atoms with Crippen LogP contribution in [0, 0.1) is 0 Å². The second-order valence-corrected chi connectivity index (χ2v) is 32.5. The third kappa shape index (κ3) is 4.18. The van der Waals surface area contributed by atoms with Gasteiger partial charge in [-0.15, -0.1) is 0 Å². The SMILES string of the molecule is [Cl][Zr]([Cl])(=[C](c1ccccc1)c1ccccc1)([CH]1C=CC=C1c1cccc2ccccc12)[CH]1c2ccccc2-c2ccccc21. The monoisotopic (exact) mass is 682 g/mol. The van der Waals surface area contributed by atoms with Gasteiger partial charge in [-0.05, 0) is 0 Å². The van der Waals surface area contributed by atoms with Gasteiger partial charge in [0.1, 0.15) is 0 Å². The Morgan fingerprint density at radius 3 is 1.64 bits per heavy atom. The van der Waals surface area contributed by atoms with Crippen molar-refractivity contribution in [1.82, 2.24) is 0 Å². The van der Waals surface area contributed by atoms with Gasteiger partial charge in [0.25, 0.3) is 0 Å². The van der Waals surface area contributed by atoms with Gasteiger partial charge in [-0.25, -0.2) is 0 Å². The summed E-state index contributed by atoms with van der Waals surface area (Å²) in [5.74, 6) is 0. The summed E-state index contributed by atoms with van der Waals surface area (Å²) >= 11 is -5.52. The van der Waals surface area contributed by atoms with E-state index in [1.54, 1.807) is 0 Å². The fourth-order valence-electron chi connectivity index (χ4n) is 7.81. The molecule has 8 rings (SSSR count). The Balaban J connectivity index is 1.55. The van der Waals surface area contributed by atoms with Gasteiger partial charge in [-0.2, -0.15) is 0 Å². The first-order valence-corrected chi connectivity index (χ1v) is 25.6. The third-order valence-corrected chi connectivity index (χ3v) is 29.1. The zero-order chi connectivity index (χ0) is 29.8. The van der Waals surface area contributed by atoms with Crippen LogP contribution < -0.4 is 0 Å². The summed E-state index contributed by atoms with van der Waals surface area (Å²) in [6.07, 6.45) is 6.74. The quantitative estimate of drug-likeness (QED) is 0.170. The topological polar surface area (TPSA) is 0 Å². The van der Waals surface area contributed by atoms with E-state index in [4.69, 9.17) is 17.0 Å². The zero-order valence-electron chi connectivity index (χ0n) is 24.1.